The van der Waals surface area contributed by atoms with E-state index in [4.69, 9.17) is 4.74 Å². The van der Waals surface area contributed by atoms with Crippen LogP contribution in [0.15, 0.2) is 12.1 Å². The minimum Gasteiger partial charge on any atom is -0.496 e. The zero-order valence-corrected chi connectivity index (χ0v) is 16.1. The number of rotatable bonds is 1. The third-order valence-electron chi connectivity index (χ3n) is 6.33. The Balaban J connectivity index is 2.13. The minimum absolute atomic E-state index is 0.319. The van der Waals surface area contributed by atoms with Gasteiger partial charge in [-0.15, -0.1) is 0 Å². The molecule has 2 heteroatoms. The smallest absolute Gasteiger partial charge is 0.122 e. The third kappa shape index (κ3) is 2.24. The number of benzene rings is 1. The highest BCUT2D eigenvalue weighted by Crippen LogP contribution is 2.59. The number of ether oxygens (including phenoxy) is 1. The zero-order chi connectivity index (χ0) is 15.4. The summed E-state index contributed by atoms with van der Waals surface area (Å²) in [6.45, 7) is 9.65. The molecule has 0 unspecified atom stereocenters. The van der Waals surface area contributed by atoms with Crippen molar-refractivity contribution in [2.45, 2.75) is 62.7 Å². The van der Waals surface area contributed by atoms with Crippen molar-refractivity contribution in [1.29, 1.82) is 0 Å². The topological polar surface area (TPSA) is 9.23 Å². The summed E-state index contributed by atoms with van der Waals surface area (Å²) in [5.74, 6) is 1.84. The number of halogens is 1. The van der Waals surface area contributed by atoms with Crippen LogP contribution in [0.2, 0.25) is 0 Å². The van der Waals surface area contributed by atoms with Crippen molar-refractivity contribution in [3.05, 3.63) is 28.8 Å². The number of alkyl halides is 1. The SMILES string of the molecule is COc1cc2c(cc1C)CC[C@H]1C(C)(C)[C@@H](I)CC[C@]21C. The molecule has 0 aliphatic heterocycles. The molecule has 1 nitrogen and oxygen atoms in total. The second kappa shape index (κ2) is 5.14. The Morgan fingerprint density at radius 2 is 1.90 bits per heavy atom. The molecule has 2 aliphatic carbocycles. The summed E-state index contributed by atoms with van der Waals surface area (Å²) < 4.78 is 6.40. The first-order valence-electron chi connectivity index (χ1n) is 8.12. The van der Waals surface area contributed by atoms with Crippen molar-refractivity contribution >= 4 is 22.6 Å². The molecule has 2 aliphatic rings. The van der Waals surface area contributed by atoms with Gasteiger partial charge in [-0.2, -0.15) is 0 Å². The summed E-state index contributed by atoms with van der Waals surface area (Å²) in [7, 11) is 1.79. The monoisotopic (exact) mass is 398 g/mol. The van der Waals surface area contributed by atoms with Crippen LogP contribution in [0, 0.1) is 18.3 Å². The van der Waals surface area contributed by atoms with Crippen molar-refractivity contribution in [1.82, 2.24) is 0 Å². The fraction of sp³-hybridized carbons (Fsp3) is 0.684. The number of aryl methyl sites for hydroxylation is 2. The highest BCUT2D eigenvalue weighted by Gasteiger charge is 2.53. The van der Waals surface area contributed by atoms with Crippen LogP contribution in [-0.2, 0) is 11.8 Å². The van der Waals surface area contributed by atoms with Crippen molar-refractivity contribution in [2.75, 3.05) is 7.11 Å². The average molecular weight is 398 g/mol. The first-order valence-corrected chi connectivity index (χ1v) is 9.37. The highest BCUT2D eigenvalue weighted by molar-refractivity contribution is 14.1. The molecule has 1 aromatic rings. The average Bonchev–Trinajstić information content (AvgIpc) is 2.43. The van der Waals surface area contributed by atoms with E-state index in [9.17, 15) is 0 Å². The van der Waals surface area contributed by atoms with E-state index in [1.54, 1.807) is 18.2 Å². The van der Waals surface area contributed by atoms with Gasteiger partial charge in [0.15, 0.2) is 0 Å². The van der Waals surface area contributed by atoms with Gasteiger partial charge in [0, 0.05) is 3.92 Å². The molecule has 3 rings (SSSR count). The number of fused-ring (bicyclic) bond motifs is 3. The lowest BCUT2D eigenvalue weighted by Crippen LogP contribution is -2.52. The maximum absolute atomic E-state index is 5.61. The molecule has 0 spiro atoms. The molecule has 0 N–H and O–H groups in total. The zero-order valence-electron chi connectivity index (χ0n) is 13.9. The molecule has 1 saturated carbocycles. The second-order valence-corrected chi connectivity index (χ2v) is 9.32. The van der Waals surface area contributed by atoms with Gasteiger partial charge in [-0.1, -0.05) is 49.4 Å². The van der Waals surface area contributed by atoms with Gasteiger partial charge in [-0.25, -0.2) is 0 Å². The lowest BCUT2D eigenvalue weighted by atomic mass is 9.50. The lowest BCUT2D eigenvalue weighted by molar-refractivity contribution is 0.0519. The van der Waals surface area contributed by atoms with E-state index in [1.807, 2.05) is 0 Å². The third-order valence-corrected chi connectivity index (χ3v) is 8.56. The molecule has 0 heterocycles. The fourth-order valence-electron chi connectivity index (χ4n) is 5.03. The minimum atomic E-state index is 0.319. The summed E-state index contributed by atoms with van der Waals surface area (Å²) in [6, 6.07) is 4.72. The molecule has 0 amide bonds. The van der Waals surface area contributed by atoms with Crippen molar-refractivity contribution in [3.63, 3.8) is 0 Å². The molecule has 0 aromatic heterocycles. The molecule has 0 saturated heterocycles. The number of hydrogen-bond donors (Lipinski definition) is 0. The van der Waals surface area contributed by atoms with E-state index in [2.05, 4.69) is 62.4 Å². The van der Waals surface area contributed by atoms with Gasteiger partial charge in [0.1, 0.15) is 5.75 Å². The Morgan fingerprint density at radius 1 is 1.19 bits per heavy atom. The number of methoxy groups -OCH3 is 1. The van der Waals surface area contributed by atoms with Crippen molar-refractivity contribution < 1.29 is 4.74 Å². The molecular weight excluding hydrogens is 371 g/mol. The van der Waals surface area contributed by atoms with E-state index >= 15 is 0 Å². The van der Waals surface area contributed by atoms with Gasteiger partial charge in [0.05, 0.1) is 7.11 Å². The predicted octanol–water partition coefficient (Wildman–Crippen LogP) is 5.45. The van der Waals surface area contributed by atoms with Crippen molar-refractivity contribution in [3.8, 4) is 5.75 Å². The molecule has 0 bridgehead atoms. The first kappa shape index (κ1) is 15.6. The summed E-state index contributed by atoms with van der Waals surface area (Å²) in [5.41, 5.74) is 5.15. The van der Waals surface area contributed by atoms with Gasteiger partial charge in [0.2, 0.25) is 0 Å². The van der Waals surface area contributed by atoms with E-state index in [-0.39, 0.29) is 0 Å². The largest absolute Gasteiger partial charge is 0.496 e. The summed E-state index contributed by atoms with van der Waals surface area (Å²) >= 11 is 2.69. The maximum atomic E-state index is 5.61. The molecule has 1 aromatic carbocycles. The molecular formula is C19H27IO. The molecule has 1 fully saturated rings. The van der Waals surface area contributed by atoms with Crippen LogP contribution < -0.4 is 4.74 Å². The molecule has 116 valence electrons. The standard InChI is InChI=1S/C19H27IO/c1-12-10-13-6-7-16-18(2,3)17(20)8-9-19(16,4)14(13)11-15(12)21-5/h10-11,16-17H,6-9H2,1-5H3/t16-,17-,19+/m0/s1. The van der Waals surface area contributed by atoms with E-state index < -0.39 is 0 Å². The van der Waals surface area contributed by atoms with Gasteiger partial charge in [-0.3, -0.25) is 0 Å². The van der Waals surface area contributed by atoms with Crippen LogP contribution in [0.1, 0.15) is 56.7 Å². The van der Waals surface area contributed by atoms with Gasteiger partial charge >= 0.3 is 0 Å². The molecule has 3 atom stereocenters. The van der Waals surface area contributed by atoms with E-state index in [0.29, 0.717) is 10.8 Å². The van der Waals surface area contributed by atoms with Crippen LogP contribution in [0.25, 0.3) is 0 Å². The fourth-order valence-corrected chi connectivity index (χ4v) is 5.78. The summed E-state index contributed by atoms with van der Waals surface area (Å²) in [4.78, 5) is 0. The quantitative estimate of drug-likeness (QED) is 0.452. The molecule has 21 heavy (non-hydrogen) atoms. The Bertz CT molecular complexity index is 563. The highest BCUT2D eigenvalue weighted by atomic mass is 127. The van der Waals surface area contributed by atoms with Crippen LogP contribution in [0.5, 0.6) is 5.75 Å². The Kier molecular flexibility index (Phi) is 3.83. The summed E-state index contributed by atoms with van der Waals surface area (Å²) in [6.07, 6.45) is 5.21. The normalized spacial score (nSPS) is 34.0. The van der Waals surface area contributed by atoms with Gasteiger partial charge in [-0.05, 0) is 72.1 Å². The van der Waals surface area contributed by atoms with Crippen LogP contribution in [-0.4, -0.2) is 11.0 Å². The second-order valence-electron chi connectivity index (χ2n) is 7.82. The maximum Gasteiger partial charge on any atom is 0.122 e. The van der Waals surface area contributed by atoms with Crippen molar-refractivity contribution in [2.24, 2.45) is 11.3 Å². The van der Waals surface area contributed by atoms with Gasteiger partial charge < -0.3 is 4.74 Å². The molecule has 0 radical (unpaired) electrons. The Labute approximate surface area is 143 Å². The van der Waals surface area contributed by atoms with E-state index in [0.717, 1.165) is 15.6 Å². The van der Waals surface area contributed by atoms with Crippen LogP contribution >= 0.6 is 22.6 Å². The lowest BCUT2D eigenvalue weighted by Gasteiger charge is -2.56. The van der Waals surface area contributed by atoms with Crippen LogP contribution in [0.4, 0.5) is 0 Å². The predicted molar refractivity (Wildman–Crippen MR) is 97.7 cm³/mol. The Morgan fingerprint density at radius 3 is 2.57 bits per heavy atom. The number of hydrogen-bond acceptors (Lipinski definition) is 1. The summed E-state index contributed by atoms with van der Waals surface area (Å²) in [5, 5.41) is 0. The Hall–Kier alpha value is -0.250. The van der Waals surface area contributed by atoms with E-state index in [1.165, 1.54) is 31.2 Å². The first-order chi connectivity index (χ1) is 9.80. The van der Waals surface area contributed by atoms with Gasteiger partial charge in [0.25, 0.3) is 0 Å². The van der Waals surface area contributed by atoms with Crippen LogP contribution in [0.3, 0.4) is 0 Å².